The van der Waals surface area contributed by atoms with Crippen LogP contribution < -0.4 is 10.3 Å². The van der Waals surface area contributed by atoms with Crippen molar-refractivity contribution in [2.24, 2.45) is 5.92 Å². The van der Waals surface area contributed by atoms with E-state index in [0.29, 0.717) is 36.0 Å². The third-order valence-electron chi connectivity index (χ3n) is 17.6. The number of aromatic nitrogens is 1. The number of carbonyl (C=O) groups is 1. The predicted octanol–water partition coefficient (Wildman–Crippen LogP) is 12.4. The first-order valence-electron chi connectivity index (χ1n) is 34.0. The van der Waals surface area contributed by atoms with E-state index in [4.69, 9.17) is 0 Å². The van der Waals surface area contributed by atoms with Gasteiger partial charge in [-0.2, -0.15) is 0 Å². The molecule has 8 rings (SSSR count). The Hall–Kier alpha value is -2.24. The van der Waals surface area contributed by atoms with Crippen molar-refractivity contribution in [3.05, 3.63) is 37.6 Å². The number of pyridine rings is 1. The number of likely N-dealkylation sites (N-methyl/N-ethyl adjacent to an activating group) is 1. The lowest BCUT2D eigenvalue weighted by Gasteiger charge is -2.45. The number of hydrazine groups is 3. The molecule has 0 spiro atoms. The minimum atomic E-state index is 0.252. The van der Waals surface area contributed by atoms with Crippen LogP contribution in [0.4, 0.5) is 5.82 Å². The molecule has 6 aliphatic heterocycles. The van der Waals surface area contributed by atoms with Gasteiger partial charge in [-0.3, -0.25) is 24.9 Å². The topological polar surface area (TPSA) is 77.6 Å². The average molecular weight is 1150 g/mol. The van der Waals surface area contributed by atoms with Crippen LogP contribution in [0.5, 0.6) is 0 Å². The van der Waals surface area contributed by atoms with Crippen molar-refractivity contribution in [2.45, 2.75) is 255 Å². The summed E-state index contributed by atoms with van der Waals surface area (Å²) < 4.78 is 0. The van der Waals surface area contributed by atoms with E-state index in [9.17, 15) is 4.79 Å². The summed E-state index contributed by atoms with van der Waals surface area (Å²) in [6.07, 6.45) is 24.4. The molecule has 0 unspecified atom stereocenters. The molecule has 1 aromatic heterocycles. The summed E-state index contributed by atoms with van der Waals surface area (Å²) in [7, 11) is 4.24. The van der Waals surface area contributed by atoms with Crippen LogP contribution in [0, 0.1) is 5.92 Å². The predicted molar refractivity (Wildman–Crippen MR) is 357 cm³/mol. The first-order valence-corrected chi connectivity index (χ1v) is 34.0. The zero-order chi connectivity index (χ0) is 61.0. The molecule has 6 saturated heterocycles. The van der Waals surface area contributed by atoms with Gasteiger partial charge in [0.15, 0.2) is 0 Å². The van der Waals surface area contributed by atoms with Crippen LogP contribution in [0.3, 0.4) is 0 Å². The Labute approximate surface area is 509 Å². The molecule has 0 bridgehead atoms. The van der Waals surface area contributed by atoms with Crippen molar-refractivity contribution >= 4 is 11.7 Å². The van der Waals surface area contributed by atoms with Crippen LogP contribution in [-0.4, -0.2) is 234 Å². The summed E-state index contributed by atoms with van der Waals surface area (Å²) in [4.78, 5) is 30.9. The monoisotopic (exact) mass is 1150 g/mol. The second-order valence-corrected chi connectivity index (χ2v) is 26.9. The Morgan fingerprint density at radius 3 is 1.50 bits per heavy atom. The third-order valence-corrected chi connectivity index (χ3v) is 17.6. The molecule has 0 aromatic carbocycles. The van der Waals surface area contributed by atoms with Gasteiger partial charge in [-0.05, 0) is 199 Å². The maximum atomic E-state index is 12.3. The molecule has 14 nitrogen and oxygen atoms in total. The zero-order valence-electron chi connectivity index (χ0n) is 57.3. The SMILES string of the molecule is C=C.CC(C)(C)N1CCC(C(=O)N2CCCC2)CC1.CC(C)N(C)c1ccccn1.CC(C)N1CCN(C)CC1.CC(C)NN1CCCCC1.CCCN(C(C)C)N1CCCCC1.CCCN(C(C)C)N1CCN(C2CCCCC2)CC1. The van der Waals surface area contributed by atoms with Crippen molar-refractivity contribution in [1.29, 1.82) is 0 Å². The average Bonchev–Trinajstić information content (AvgIpc) is 4.04. The molecule has 1 amide bonds. The van der Waals surface area contributed by atoms with Gasteiger partial charge in [-0.1, -0.05) is 52.0 Å². The molecule has 82 heavy (non-hydrogen) atoms. The first-order chi connectivity index (χ1) is 39.2. The summed E-state index contributed by atoms with van der Waals surface area (Å²) in [5.74, 6) is 1.75. The van der Waals surface area contributed by atoms with Gasteiger partial charge in [0, 0.05) is 166 Å². The number of piperidine rings is 3. The number of hydrogen-bond acceptors (Lipinski definition) is 13. The number of likely N-dealkylation sites (tertiary alicyclic amines) is 2. The molecular weight excluding hydrogens is 1010 g/mol. The molecule has 1 aliphatic carbocycles. The van der Waals surface area contributed by atoms with Crippen LogP contribution in [-0.2, 0) is 4.79 Å². The number of carbonyl (C=O) groups excluding carboxylic acids is 1. The highest BCUT2D eigenvalue weighted by molar-refractivity contribution is 5.79. The quantitative estimate of drug-likeness (QED) is 0.170. The van der Waals surface area contributed by atoms with Crippen LogP contribution in [0.15, 0.2) is 37.6 Å². The van der Waals surface area contributed by atoms with Crippen molar-refractivity contribution in [3.63, 3.8) is 0 Å². The fourth-order valence-electron chi connectivity index (χ4n) is 12.4. The molecule has 14 heteroatoms. The normalized spacial score (nSPS) is 20.9. The van der Waals surface area contributed by atoms with E-state index in [1.165, 1.54) is 188 Å². The van der Waals surface area contributed by atoms with Gasteiger partial charge in [-0.15, -0.1) is 13.2 Å². The Morgan fingerprint density at radius 1 is 0.598 bits per heavy atom. The molecule has 0 atom stereocenters. The Morgan fingerprint density at radius 2 is 1.07 bits per heavy atom. The molecule has 480 valence electrons. The lowest BCUT2D eigenvalue weighted by atomic mass is 9.92. The van der Waals surface area contributed by atoms with Gasteiger partial charge in [0.05, 0.1) is 0 Å². The second kappa shape index (κ2) is 43.4. The molecule has 0 radical (unpaired) electrons. The summed E-state index contributed by atoms with van der Waals surface area (Å²) in [6.45, 7) is 61.3. The van der Waals surface area contributed by atoms with E-state index in [-0.39, 0.29) is 5.54 Å². The highest BCUT2D eigenvalue weighted by Gasteiger charge is 2.33. The van der Waals surface area contributed by atoms with Crippen molar-refractivity contribution < 1.29 is 4.79 Å². The molecule has 7 fully saturated rings. The van der Waals surface area contributed by atoms with Crippen LogP contribution in [0.1, 0.15) is 213 Å². The first kappa shape index (κ1) is 75.9. The van der Waals surface area contributed by atoms with Gasteiger partial charge in [0.2, 0.25) is 5.91 Å². The zero-order valence-corrected chi connectivity index (χ0v) is 57.3. The molecule has 7 heterocycles. The van der Waals surface area contributed by atoms with Gasteiger partial charge in [0.25, 0.3) is 0 Å². The van der Waals surface area contributed by atoms with E-state index in [1.807, 2.05) is 31.4 Å². The van der Waals surface area contributed by atoms with Crippen molar-refractivity contribution in [2.75, 3.05) is 137 Å². The fourth-order valence-corrected chi connectivity index (χ4v) is 12.4. The van der Waals surface area contributed by atoms with Gasteiger partial charge >= 0.3 is 0 Å². The number of nitrogens with one attached hydrogen (secondary N) is 1. The van der Waals surface area contributed by atoms with E-state index in [0.717, 1.165) is 56.9 Å². The fraction of sp³-hybridized carbons (Fsp3) is 0.882. The van der Waals surface area contributed by atoms with Crippen LogP contribution in [0.25, 0.3) is 0 Å². The number of nitrogens with zero attached hydrogens (tertiary/aromatic N) is 12. The number of amides is 1. The third kappa shape index (κ3) is 30.4. The smallest absolute Gasteiger partial charge is 0.225 e. The lowest BCUT2D eigenvalue weighted by Crippen LogP contribution is -2.57. The maximum absolute atomic E-state index is 12.3. The molecule has 1 N–H and O–H groups in total. The van der Waals surface area contributed by atoms with Crippen molar-refractivity contribution in [3.8, 4) is 0 Å². The summed E-state index contributed by atoms with van der Waals surface area (Å²) in [5.41, 5.74) is 3.67. The summed E-state index contributed by atoms with van der Waals surface area (Å²) >= 11 is 0. The van der Waals surface area contributed by atoms with Gasteiger partial charge < -0.3 is 14.7 Å². The molecule has 1 saturated carbocycles. The summed E-state index contributed by atoms with van der Waals surface area (Å²) in [5, 5.41) is 12.6. The van der Waals surface area contributed by atoms with E-state index in [2.05, 4.69) is 189 Å². The van der Waals surface area contributed by atoms with E-state index < -0.39 is 0 Å². The molecule has 7 aliphatic rings. The van der Waals surface area contributed by atoms with E-state index >= 15 is 0 Å². The second-order valence-electron chi connectivity index (χ2n) is 26.9. The molecular formula is C68H137N13O. The maximum Gasteiger partial charge on any atom is 0.225 e. The van der Waals surface area contributed by atoms with Crippen molar-refractivity contribution in [1.82, 2.24) is 60.0 Å². The van der Waals surface area contributed by atoms with Gasteiger partial charge in [0.1, 0.15) is 5.82 Å². The standard InChI is InChI=1S/C16H33N3.C14H26N2O.C11H24N2.C9H14N2.2C8H18N2.C2H4/c1-4-10-19(15(2)3)18-13-11-17(12-14-18)16-8-6-5-7-9-16;1-14(2,3)16-10-6-12(7-11-16)13(17)15-8-4-5-9-15;1-4-8-13(11(2)3)12-9-6-5-7-10-12;1-8(2)11(3)9-6-4-5-7-10-9;1-8(2)10-6-4-9(3)5-7-10;1-8(2)9-10-6-4-3-5-7-10;1-2/h15-16H,4-14H2,1-3H3;12H,4-11H2,1-3H3;11H,4-10H2,1-3H3;4-8H,1-3H3;8H,4-7H2,1-3H3;8-9H,3-7H2,1-2H3;1-2H2. The Bertz CT molecular complexity index is 1650. The molecule has 1 aromatic rings. The largest absolute Gasteiger partial charge is 0.357 e. The number of hydrogen-bond donors (Lipinski definition) is 1. The van der Waals surface area contributed by atoms with Crippen LogP contribution in [0.2, 0.25) is 0 Å². The minimum Gasteiger partial charge on any atom is -0.357 e. The van der Waals surface area contributed by atoms with Crippen LogP contribution >= 0.6 is 0 Å². The lowest BCUT2D eigenvalue weighted by molar-refractivity contribution is -0.136. The highest BCUT2D eigenvalue weighted by atomic mass is 16.2. The minimum absolute atomic E-state index is 0.252. The number of rotatable bonds is 15. The Balaban J connectivity index is 0.000000340. The number of piperazine rings is 2. The number of anilines is 1. The Kier molecular flexibility index (Phi) is 40.1. The van der Waals surface area contributed by atoms with E-state index in [1.54, 1.807) is 0 Å². The van der Waals surface area contributed by atoms with Gasteiger partial charge in [-0.25, -0.2) is 30.0 Å². The highest BCUT2D eigenvalue weighted by Crippen LogP contribution is 2.27. The summed E-state index contributed by atoms with van der Waals surface area (Å²) in [6, 6.07) is 9.98.